The highest BCUT2D eigenvalue weighted by Crippen LogP contribution is 2.31. The second-order valence-corrected chi connectivity index (χ2v) is 5.00. The van der Waals surface area contributed by atoms with Gasteiger partial charge in [0, 0.05) is 0 Å². The van der Waals surface area contributed by atoms with Gasteiger partial charge >= 0.3 is 0 Å². The predicted molar refractivity (Wildman–Crippen MR) is 74.6 cm³/mol. The molecule has 0 saturated heterocycles. The van der Waals surface area contributed by atoms with E-state index in [1.54, 1.807) is 12.3 Å². The molecule has 1 aromatic heterocycles. The Morgan fingerprint density at radius 3 is 2.56 bits per heavy atom. The average molecular weight is 262 g/mol. The summed E-state index contributed by atoms with van der Waals surface area (Å²) in [5.41, 5.74) is 2.37. The normalized spacial score (nSPS) is 10.7. The van der Waals surface area contributed by atoms with E-state index in [9.17, 15) is 0 Å². The molecular formula is C15H16ClNO. The topological polar surface area (TPSA) is 22.1 Å². The third-order valence-electron chi connectivity index (χ3n) is 2.72. The summed E-state index contributed by atoms with van der Waals surface area (Å²) in [6.45, 7) is 6.35. The van der Waals surface area contributed by atoms with Crippen molar-refractivity contribution in [3.8, 4) is 11.5 Å². The minimum atomic E-state index is 0.417. The summed E-state index contributed by atoms with van der Waals surface area (Å²) in [5.74, 6) is 2.00. The first kappa shape index (κ1) is 12.9. The van der Waals surface area contributed by atoms with Crippen LogP contribution >= 0.6 is 11.6 Å². The van der Waals surface area contributed by atoms with Crippen molar-refractivity contribution in [3.05, 3.63) is 52.8 Å². The maximum atomic E-state index is 5.89. The van der Waals surface area contributed by atoms with Crippen LogP contribution in [0.2, 0.25) is 5.15 Å². The van der Waals surface area contributed by atoms with Crippen LogP contribution < -0.4 is 4.74 Å². The largest absolute Gasteiger partial charge is 0.455 e. The van der Waals surface area contributed by atoms with Crippen LogP contribution in [0.3, 0.4) is 0 Å². The molecule has 0 saturated carbocycles. The number of halogens is 1. The van der Waals surface area contributed by atoms with Crippen LogP contribution in [-0.4, -0.2) is 4.98 Å². The summed E-state index contributed by atoms with van der Waals surface area (Å²) in [5, 5.41) is 0.468. The van der Waals surface area contributed by atoms with Crippen LogP contribution in [0.1, 0.15) is 30.9 Å². The predicted octanol–water partition coefficient (Wildman–Crippen LogP) is 4.96. The maximum absolute atomic E-state index is 5.89. The lowest BCUT2D eigenvalue weighted by molar-refractivity contribution is 0.470. The number of hydrogen-bond donors (Lipinski definition) is 0. The summed E-state index contributed by atoms with van der Waals surface area (Å²) >= 11 is 5.75. The number of aryl methyl sites for hydroxylation is 1. The number of benzene rings is 1. The SMILES string of the molecule is Cc1ccc(C(C)C)c(Oc2ccc(Cl)nc2)c1. The molecule has 0 spiro atoms. The molecule has 0 aliphatic rings. The van der Waals surface area contributed by atoms with E-state index < -0.39 is 0 Å². The van der Waals surface area contributed by atoms with Crippen molar-refractivity contribution in [2.45, 2.75) is 26.7 Å². The molecule has 2 aromatic rings. The monoisotopic (exact) mass is 261 g/mol. The van der Waals surface area contributed by atoms with Gasteiger partial charge in [-0.3, -0.25) is 0 Å². The molecule has 0 atom stereocenters. The molecule has 0 fully saturated rings. The first-order chi connectivity index (χ1) is 8.56. The molecule has 1 heterocycles. The van der Waals surface area contributed by atoms with Gasteiger partial charge in [0.1, 0.15) is 16.7 Å². The van der Waals surface area contributed by atoms with E-state index >= 15 is 0 Å². The zero-order chi connectivity index (χ0) is 13.1. The molecule has 0 bridgehead atoms. The van der Waals surface area contributed by atoms with Crippen molar-refractivity contribution < 1.29 is 4.74 Å². The molecule has 94 valence electrons. The number of rotatable bonds is 3. The fourth-order valence-electron chi connectivity index (χ4n) is 1.76. The quantitative estimate of drug-likeness (QED) is 0.729. The van der Waals surface area contributed by atoms with Crippen molar-refractivity contribution >= 4 is 11.6 Å². The number of pyridine rings is 1. The second kappa shape index (κ2) is 5.40. The van der Waals surface area contributed by atoms with Crippen molar-refractivity contribution in [2.24, 2.45) is 0 Å². The van der Waals surface area contributed by atoms with Crippen LogP contribution in [-0.2, 0) is 0 Å². The minimum Gasteiger partial charge on any atom is -0.455 e. The lowest BCUT2D eigenvalue weighted by atomic mass is 10.0. The molecule has 0 aliphatic heterocycles. The molecular weight excluding hydrogens is 246 g/mol. The number of ether oxygens (including phenoxy) is 1. The molecule has 0 radical (unpaired) electrons. The molecule has 0 amide bonds. The molecule has 0 N–H and O–H groups in total. The number of hydrogen-bond acceptors (Lipinski definition) is 2. The van der Waals surface area contributed by atoms with Crippen LogP contribution in [0.4, 0.5) is 0 Å². The van der Waals surface area contributed by atoms with E-state index in [2.05, 4.69) is 37.9 Å². The Kier molecular flexibility index (Phi) is 3.87. The van der Waals surface area contributed by atoms with Gasteiger partial charge in [-0.1, -0.05) is 37.6 Å². The van der Waals surface area contributed by atoms with Gasteiger partial charge in [-0.25, -0.2) is 4.98 Å². The molecule has 2 rings (SSSR count). The van der Waals surface area contributed by atoms with Crippen molar-refractivity contribution in [2.75, 3.05) is 0 Å². The average Bonchev–Trinajstić information content (AvgIpc) is 2.32. The van der Waals surface area contributed by atoms with Gasteiger partial charge in [-0.05, 0) is 42.2 Å². The van der Waals surface area contributed by atoms with Crippen LogP contribution in [0.25, 0.3) is 0 Å². The first-order valence-corrected chi connectivity index (χ1v) is 6.34. The maximum Gasteiger partial charge on any atom is 0.145 e. The van der Waals surface area contributed by atoms with Crippen LogP contribution in [0.5, 0.6) is 11.5 Å². The van der Waals surface area contributed by atoms with E-state index in [-0.39, 0.29) is 0 Å². The smallest absolute Gasteiger partial charge is 0.145 e. The van der Waals surface area contributed by atoms with Gasteiger partial charge in [0.15, 0.2) is 0 Å². The lowest BCUT2D eigenvalue weighted by Gasteiger charge is -2.14. The molecule has 0 unspecified atom stereocenters. The molecule has 1 aromatic carbocycles. The van der Waals surface area contributed by atoms with Gasteiger partial charge in [0.25, 0.3) is 0 Å². The molecule has 2 nitrogen and oxygen atoms in total. The fourth-order valence-corrected chi connectivity index (χ4v) is 1.87. The Hall–Kier alpha value is -1.54. The van der Waals surface area contributed by atoms with E-state index in [4.69, 9.17) is 16.3 Å². The highest BCUT2D eigenvalue weighted by Gasteiger charge is 2.09. The summed E-state index contributed by atoms with van der Waals surface area (Å²) in [6.07, 6.45) is 1.63. The van der Waals surface area contributed by atoms with Crippen LogP contribution in [0, 0.1) is 6.92 Å². The van der Waals surface area contributed by atoms with E-state index in [0.717, 1.165) is 5.75 Å². The first-order valence-electron chi connectivity index (χ1n) is 5.96. The summed E-state index contributed by atoms with van der Waals surface area (Å²) in [7, 11) is 0. The zero-order valence-corrected chi connectivity index (χ0v) is 11.5. The molecule has 3 heteroatoms. The highest BCUT2D eigenvalue weighted by atomic mass is 35.5. The summed E-state index contributed by atoms with van der Waals surface area (Å²) in [4.78, 5) is 4.01. The Morgan fingerprint density at radius 1 is 1.17 bits per heavy atom. The van der Waals surface area contributed by atoms with Gasteiger partial charge in [-0.2, -0.15) is 0 Å². The second-order valence-electron chi connectivity index (χ2n) is 4.61. The molecule has 0 aliphatic carbocycles. The number of nitrogens with zero attached hydrogens (tertiary/aromatic N) is 1. The standard InChI is InChI=1S/C15H16ClNO/c1-10(2)13-6-4-11(3)8-14(13)18-12-5-7-15(16)17-9-12/h4-10H,1-3H3. The van der Waals surface area contributed by atoms with E-state index in [0.29, 0.717) is 16.8 Å². The van der Waals surface area contributed by atoms with E-state index in [1.807, 2.05) is 12.1 Å². The lowest BCUT2D eigenvalue weighted by Crippen LogP contribution is -1.95. The van der Waals surface area contributed by atoms with Crippen molar-refractivity contribution in [3.63, 3.8) is 0 Å². The van der Waals surface area contributed by atoms with Gasteiger partial charge in [-0.15, -0.1) is 0 Å². The van der Waals surface area contributed by atoms with Crippen LogP contribution in [0.15, 0.2) is 36.5 Å². The Morgan fingerprint density at radius 2 is 1.94 bits per heavy atom. The van der Waals surface area contributed by atoms with Crippen molar-refractivity contribution in [1.29, 1.82) is 0 Å². The number of aromatic nitrogens is 1. The van der Waals surface area contributed by atoms with E-state index in [1.165, 1.54) is 11.1 Å². The zero-order valence-electron chi connectivity index (χ0n) is 10.8. The third-order valence-corrected chi connectivity index (χ3v) is 2.94. The van der Waals surface area contributed by atoms with Gasteiger partial charge in [0.05, 0.1) is 6.20 Å². The van der Waals surface area contributed by atoms with Gasteiger partial charge < -0.3 is 4.74 Å². The minimum absolute atomic E-state index is 0.417. The third kappa shape index (κ3) is 3.02. The summed E-state index contributed by atoms with van der Waals surface area (Å²) < 4.78 is 5.89. The molecule has 18 heavy (non-hydrogen) atoms. The van der Waals surface area contributed by atoms with Crippen molar-refractivity contribution in [1.82, 2.24) is 4.98 Å². The Labute approximate surface area is 113 Å². The Balaban J connectivity index is 2.32. The fraction of sp³-hybridized carbons (Fsp3) is 0.267. The van der Waals surface area contributed by atoms with Gasteiger partial charge in [0.2, 0.25) is 0 Å². The Bertz CT molecular complexity index is 535. The summed E-state index contributed by atoms with van der Waals surface area (Å²) in [6, 6.07) is 9.80. The highest BCUT2D eigenvalue weighted by molar-refractivity contribution is 6.29.